The number of nitrogens with one attached hydrogen (secondary N) is 1. The van der Waals surface area contributed by atoms with E-state index in [2.05, 4.69) is 12.2 Å². The van der Waals surface area contributed by atoms with Crippen molar-refractivity contribution in [2.75, 3.05) is 25.0 Å². The van der Waals surface area contributed by atoms with Crippen molar-refractivity contribution in [2.45, 2.75) is 26.3 Å². The molecule has 5 heteroatoms. The van der Waals surface area contributed by atoms with Crippen LogP contribution in [0, 0.1) is 0 Å². The zero-order chi connectivity index (χ0) is 13.5. The molecule has 0 radical (unpaired) electrons. The molecular formula is C13H19ClF2N2. The molecule has 0 fully saturated rings. The molecule has 0 aromatic heterocycles. The molecule has 0 aliphatic heterocycles. The Morgan fingerprint density at radius 3 is 2.72 bits per heavy atom. The van der Waals surface area contributed by atoms with E-state index < -0.39 is 6.43 Å². The van der Waals surface area contributed by atoms with E-state index >= 15 is 0 Å². The number of halogens is 3. The van der Waals surface area contributed by atoms with Crippen LogP contribution in [0.5, 0.6) is 0 Å². The van der Waals surface area contributed by atoms with E-state index in [1.807, 2.05) is 6.07 Å². The summed E-state index contributed by atoms with van der Waals surface area (Å²) in [5.74, 6) is 0. The average Bonchev–Trinajstić information content (AvgIpc) is 2.30. The Kier molecular flexibility index (Phi) is 6.36. The lowest BCUT2D eigenvalue weighted by atomic mass is 10.1. The third-order valence-corrected chi connectivity index (χ3v) is 2.85. The van der Waals surface area contributed by atoms with Gasteiger partial charge in [0, 0.05) is 24.3 Å². The quantitative estimate of drug-likeness (QED) is 0.767. The highest BCUT2D eigenvalue weighted by Gasteiger charge is 2.12. The van der Waals surface area contributed by atoms with E-state index in [-0.39, 0.29) is 6.54 Å². The number of hydrogen-bond acceptors (Lipinski definition) is 2. The minimum atomic E-state index is -2.36. The highest BCUT2D eigenvalue weighted by Crippen LogP contribution is 2.24. The van der Waals surface area contributed by atoms with Crippen LogP contribution >= 0.6 is 11.6 Å². The van der Waals surface area contributed by atoms with Gasteiger partial charge in [0.15, 0.2) is 0 Å². The summed E-state index contributed by atoms with van der Waals surface area (Å²) in [4.78, 5) is 1.54. The van der Waals surface area contributed by atoms with Crippen LogP contribution in [-0.4, -0.2) is 26.6 Å². The predicted octanol–water partition coefficient (Wildman–Crippen LogP) is 3.54. The Bertz CT molecular complexity index is 372. The third-order valence-electron chi connectivity index (χ3n) is 2.61. The van der Waals surface area contributed by atoms with Gasteiger partial charge in [0.05, 0.1) is 6.54 Å². The van der Waals surface area contributed by atoms with E-state index in [1.54, 1.807) is 24.1 Å². The highest BCUT2D eigenvalue weighted by molar-refractivity contribution is 6.30. The monoisotopic (exact) mass is 276 g/mol. The van der Waals surface area contributed by atoms with Crippen LogP contribution in [-0.2, 0) is 6.54 Å². The molecule has 0 saturated carbocycles. The van der Waals surface area contributed by atoms with Gasteiger partial charge in [0.1, 0.15) is 0 Å². The van der Waals surface area contributed by atoms with Crippen molar-refractivity contribution >= 4 is 17.3 Å². The number of hydrogen-bond donors (Lipinski definition) is 1. The number of nitrogens with zero attached hydrogens (tertiary/aromatic N) is 1. The van der Waals surface area contributed by atoms with Gasteiger partial charge in [-0.2, -0.15) is 0 Å². The molecule has 1 aromatic carbocycles. The van der Waals surface area contributed by atoms with Crippen molar-refractivity contribution < 1.29 is 8.78 Å². The summed E-state index contributed by atoms with van der Waals surface area (Å²) in [6, 6.07) is 5.39. The van der Waals surface area contributed by atoms with Crippen molar-refractivity contribution in [1.29, 1.82) is 0 Å². The summed E-state index contributed by atoms with van der Waals surface area (Å²) >= 11 is 5.92. The van der Waals surface area contributed by atoms with Crippen molar-refractivity contribution in [2.24, 2.45) is 0 Å². The Balaban J connectivity index is 2.81. The fourth-order valence-electron chi connectivity index (χ4n) is 1.75. The molecule has 0 saturated heterocycles. The Hall–Kier alpha value is -0.870. The lowest BCUT2D eigenvalue weighted by molar-refractivity contribution is 0.156. The van der Waals surface area contributed by atoms with Crippen molar-refractivity contribution in [3.05, 3.63) is 28.8 Å². The molecule has 0 unspecified atom stereocenters. The lowest BCUT2D eigenvalue weighted by Gasteiger charge is -2.22. The van der Waals surface area contributed by atoms with Gasteiger partial charge in [0.2, 0.25) is 0 Å². The summed E-state index contributed by atoms with van der Waals surface area (Å²) in [7, 11) is 1.65. The molecule has 0 aliphatic rings. The molecule has 1 rings (SSSR count). The number of benzene rings is 1. The molecule has 0 spiro atoms. The summed E-state index contributed by atoms with van der Waals surface area (Å²) in [6.07, 6.45) is -1.32. The molecule has 18 heavy (non-hydrogen) atoms. The molecule has 1 aromatic rings. The summed E-state index contributed by atoms with van der Waals surface area (Å²) in [5.41, 5.74) is 1.74. The summed E-state index contributed by atoms with van der Waals surface area (Å²) in [6.45, 7) is 3.36. The smallest absolute Gasteiger partial charge is 0.255 e. The summed E-state index contributed by atoms with van der Waals surface area (Å²) in [5, 5.41) is 3.82. The fraction of sp³-hybridized carbons (Fsp3) is 0.538. The topological polar surface area (TPSA) is 15.3 Å². The highest BCUT2D eigenvalue weighted by atomic mass is 35.5. The summed E-state index contributed by atoms with van der Waals surface area (Å²) < 4.78 is 24.8. The Labute approximate surface area is 112 Å². The Morgan fingerprint density at radius 2 is 2.11 bits per heavy atom. The molecule has 2 nitrogen and oxygen atoms in total. The van der Waals surface area contributed by atoms with Crippen LogP contribution in [0.3, 0.4) is 0 Å². The number of alkyl halides is 2. The van der Waals surface area contributed by atoms with Crippen LogP contribution in [0.25, 0.3) is 0 Å². The maximum atomic E-state index is 12.4. The molecule has 0 heterocycles. The van der Waals surface area contributed by atoms with E-state index in [9.17, 15) is 8.78 Å². The van der Waals surface area contributed by atoms with Crippen molar-refractivity contribution in [1.82, 2.24) is 5.32 Å². The molecule has 0 atom stereocenters. The first-order valence-electron chi connectivity index (χ1n) is 6.03. The van der Waals surface area contributed by atoms with Crippen molar-refractivity contribution in [3.8, 4) is 0 Å². The van der Waals surface area contributed by atoms with Crippen LogP contribution in [0.4, 0.5) is 14.5 Å². The minimum Gasteiger partial charge on any atom is -0.369 e. The Morgan fingerprint density at radius 1 is 1.39 bits per heavy atom. The first kappa shape index (κ1) is 15.2. The zero-order valence-corrected chi connectivity index (χ0v) is 11.5. The van der Waals surface area contributed by atoms with Gasteiger partial charge >= 0.3 is 0 Å². The predicted molar refractivity (Wildman–Crippen MR) is 72.7 cm³/mol. The van der Waals surface area contributed by atoms with E-state index in [4.69, 9.17) is 11.6 Å². The molecule has 0 bridgehead atoms. The van der Waals surface area contributed by atoms with Gasteiger partial charge < -0.3 is 10.2 Å². The third kappa shape index (κ3) is 4.78. The minimum absolute atomic E-state index is 0.291. The first-order chi connectivity index (χ1) is 8.54. The fourth-order valence-corrected chi connectivity index (χ4v) is 1.91. The van der Waals surface area contributed by atoms with E-state index in [1.165, 1.54) is 0 Å². The maximum Gasteiger partial charge on any atom is 0.255 e. The van der Waals surface area contributed by atoms with Gasteiger partial charge in [-0.05, 0) is 30.7 Å². The largest absolute Gasteiger partial charge is 0.369 e. The zero-order valence-electron chi connectivity index (χ0n) is 10.7. The van der Waals surface area contributed by atoms with E-state index in [0.29, 0.717) is 11.6 Å². The van der Waals surface area contributed by atoms with Gasteiger partial charge in [-0.15, -0.1) is 0 Å². The maximum absolute atomic E-state index is 12.4. The normalized spacial score (nSPS) is 11.0. The first-order valence-corrected chi connectivity index (χ1v) is 6.40. The van der Waals surface area contributed by atoms with Crippen LogP contribution in [0.15, 0.2) is 18.2 Å². The number of rotatable bonds is 7. The second kappa shape index (κ2) is 7.54. The second-order valence-corrected chi connectivity index (χ2v) is 4.66. The van der Waals surface area contributed by atoms with Crippen LogP contribution < -0.4 is 10.2 Å². The SMILES string of the molecule is CCCNCc1ccc(Cl)cc1N(C)CC(F)F. The second-order valence-electron chi connectivity index (χ2n) is 4.22. The molecule has 1 N–H and O–H groups in total. The molecule has 0 amide bonds. The number of anilines is 1. The molecule has 0 aliphatic carbocycles. The van der Waals surface area contributed by atoms with Crippen LogP contribution in [0.1, 0.15) is 18.9 Å². The lowest BCUT2D eigenvalue weighted by Crippen LogP contribution is -2.26. The van der Waals surface area contributed by atoms with Gasteiger partial charge in [-0.1, -0.05) is 24.6 Å². The van der Waals surface area contributed by atoms with Crippen LogP contribution in [0.2, 0.25) is 5.02 Å². The molecular weight excluding hydrogens is 258 g/mol. The molecule has 102 valence electrons. The van der Waals surface area contributed by atoms with Gasteiger partial charge in [-0.25, -0.2) is 8.78 Å². The standard InChI is InChI=1S/C13H19ClF2N2/c1-3-6-17-8-10-4-5-11(14)7-12(10)18(2)9-13(15)16/h4-5,7,13,17H,3,6,8-9H2,1-2H3. The van der Waals surface area contributed by atoms with Crippen molar-refractivity contribution in [3.63, 3.8) is 0 Å². The van der Waals surface area contributed by atoms with E-state index in [0.717, 1.165) is 24.2 Å². The van der Waals surface area contributed by atoms with Gasteiger partial charge in [0.25, 0.3) is 6.43 Å². The average molecular weight is 277 g/mol. The van der Waals surface area contributed by atoms with Gasteiger partial charge in [-0.3, -0.25) is 0 Å².